The maximum absolute atomic E-state index is 12.5. The average Bonchev–Trinajstić information content (AvgIpc) is 2.90. The first kappa shape index (κ1) is 15.4. The maximum Gasteiger partial charge on any atom is 0.241 e. The van der Waals surface area contributed by atoms with E-state index in [4.69, 9.17) is 0 Å². The van der Waals surface area contributed by atoms with Crippen LogP contribution < -0.4 is 0 Å². The van der Waals surface area contributed by atoms with Crippen LogP contribution in [-0.2, 0) is 14.6 Å². The van der Waals surface area contributed by atoms with Gasteiger partial charge in [-0.1, -0.05) is 13.8 Å². The fourth-order valence-corrected chi connectivity index (χ4v) is 5.16. The molecule has 2 rings (SSSR count). The number of aromatic nitrogens is 1. The average molecular weight is 316 g/mol. The Morgan fingerprint density at radius 1 is 1.40 bits per heavy atom. The summed E-state index contributed by atoms with van der Waals surface area (Å²) < 4.78 is 24.7. The molecule has 0 aromatic carbocycles. The summed E-state index contributed by atoms with van der Waals surface area (Å²) in [6.45, 7) is 6.93. The van der Waals surface area contributed by atoms with E-state index in [2.05, 4.69) is 18.8 Å². The molecule has 7 heteroatoms. The number of carbonyl (C=O) groups excluding carboxylic acids is 1. The lowest BCUT2D eigenvalue weighted by molar-refractivity contribution is -0.133. The van der Waals surface area contributed by atoms with Gasteiger partial charge in [0, 0.05) is 24.7 Å². The van der Waals surface area contributed by atoms with E-state index >= 15 is 0 Å². The predicted octanol–water partition coefficient (Wildman–Crippen LogP) is 1.81. The van der Waals surface area contributed by atoms with Crippen LogP contribution in [0, 0.1) is 11.8 Å². The molecular formula is C13H20N2O3S2. The van der Waals surface area contributed by atoms with E-state index in [1.807, 2.05) is 0 Å². The first-order valence-electron chi connectivity index (χ1n) is 6.74. The molecule has 3 atom stereocenters. The number of sulfone groups is 1. The molecule has 5 nitrogen and oxygen atoms in total. The molecule has 2 heterocycles. The number of hydrogen-bond donors (Lipinski definition) is 0. The number of amides is 1. The SMILES string of the molecule is C[C@@H]1C[C@H](C)CN(C(=O)[C@@H](C)S(=O)(=O)c2nccs2)C1. The van der Waals surface area contributed by atoms with Crippen molar-refractivity contribution in [1.82, 2.24) is 9.88 Å². The standard InChI is InChI=1S/C13H20N2O3S2/c1-9-6-10(2)8-15(7-9)12(16)11(3)20(17,18)13-14-4-5-19-13/h4-5,9-11H,6-8H2,1-3H3/t9-,10+,11-/m1/s1. The Kier molecular flexibility index (Phi) is 4.49. The highest BCUT2D eigenvalue weighted by Gasteiger charge is 2.36. The van der Waals surface area contributed by atoms with E-state index < -0.39 is 15.1 Å². The molecule has 1 fully saturated rings. The fourth-order valence-electron chi connectivity index (χ4n) is 2.73. The Bertz CT molecular complexity index is 558. The van der Waals surface area contributed by atoms with E-state index in [1.165, 1.54) is 13.1 Å². The molecular weight excluding hydrogens is 296 g/mol. The summed E-state index contributed by atoms with van der Waals surface area (Å²) in [6.07, 6.45) is 2.52. The van der Waals surface area contributed by atoms with Crippen LogP contribution in [0.15, 0.2) is 15.9 Å². The third-order valence-electron chi connectivity index (χ3n) is 3.65. The molecule has 0 spiro atoms. The summed E-state index contributed by atoms with van der Waals surface area (Å²) in [4.78, 5) is 18.0. The van der Waals surface area contributed by atoms with Crippen molar-refractivity contribution in [2.75, 3.05) is 13.1 Å². The van der Waals surface area contributed by atoms with Crippen molar-refractivity contribution in [3.63, 3.8) is 0 Å². The highest BCUT2D eigenvalue weighted by Crippen LogP contribution is 2.24. The monoisotopic (exact) mass is 316 g/mol. The predicted molar refractivity (Wildman–Crippen MR) is 78.3 cm³/mol. The zero-order chi connectivity index (χ0) is 14.9. The van der Waals surface area contributed by atoms with Crippen molar-refractivity contribution >= 4 is 27.1 Å². The number of carbonyl (C=O) groups is 1. The van der Waals surface area contributed by atoms with Crippen molar-refractivity contribution in [3.8, 4) is 0 Å². The van der Waals surface area contributed by atoms with E-state index in [9.17, 15) is 13.2 Å². The van der Waals surface area contributed by atoms with Gasteiger partial charge < -0.3 is 4.90 Å². The topological polar surface area (TPSA) is 67.3 Å². The van der Waals surface area contributed by atoms with Gasteiger partial charge in [-0.15, -0.1) is 11.3 Å². The van der Waals surface area contributed by atoms with E-state index in [0.29, 0.717) is 24.9 Å². The Morgan fingerprint density at radius 2 is 2.00 bits per heavy atom. The zero-order valence-electron chi connectivity index (χ0n) is 11.9. The minimum atomic E-state index is -3.66. The van der Waals surface area contributed by atoms with Gasteiger partial charge in [-0.3, -0.25) is 4.79 Å². The summed E-state index contributed by atoms with van der Waals surface area (Å²) in [5.41, 5.74) is 0. The smallest absolute Gasteiger partial charge is 0.241 e. The summed E-state index contributed by atoms with van der Waals surface area (Å²) in [6, 6.07) is 0. The lowest BCUT2D eigenvalue weighted by Crippen LogP contribution is -2.48. The van der Waals surface area contributed by atoms with Crippen LogP contribution in [0.25, 0.3) is 0 Å². The third kappa shape index (κ3) is 3.03. The Balaban J connectivity index is 2.17. The maximum atomic E-state index is 12.5. The lowest BCUT2D eigenvalue weighted by atomic mass is 9.92. The molecule has 0 aliphatic carbocycles. The quantitative estimate of drug-likeness (QED) is 0.853. The number of piperidine rings is 1. The minimum absolute atomic E-state index is 0.0245. The molecule has 1 aliphatic heterocycles. The van der Waals surface area contributed by atoms with Crippen molar-refractivity contribution in [2.45, 2.75) is 36.8 Å². The molecule has 0 radical (unpaired) electrons. The fraction of sp³-hybridized carbons (Fsp3) is 0.692. The third-order valence-corrected chi connectivity index (χ3v) is 6.92. The second-order valence-corrected chi connectivity index (χ2v) is 9.01. The van der Waals surface area contributed by atoms with Gasteiger partial charge in [0.05, 0.1) is 0 Å². The number of nitrogens with zero attached hydrogens (tertiary/aromatic N) is 2. The van der Waals surface area contributed by atoms with Crippen LogP contribution in [0.1, 0.15) is 27.2 Å². The summed E-state index contributed by atoms with van der Waals surface area (Å²) in [5, 5.41) is 0.543. The second kappa shape index (κ2) is 5.81. The number of likely N-dealkylation sites (tertiary alicyclic amines) is 1. The van der Waals surface area contributed by atoms with Gasteiger partial charge in [-0.05, 0) is 25.2 Å². The van der Waals surface area contributed by atoms with Crippen LogP contribution in [0.4, 0.5) is 0 Å². The van der Waals surface area contributed by atoms with Gasteiger partial charge in [0.25, 0.3) is 0 Å². The van der Waals surface area contributed by atoms with Gasteiger partial charge in [-0.2, -0.15) is 0 Å². The number of hydrogen-bond acceptors (Lipinski definition) is 5. The Labute approximate surface area is 123 Å². The highest BCUT2D eigenvalue weighted by molar-refractivity contribution is 7.94. The van der Waals surface area contributed by atoms with E-state index in [-0.39, 0.29) is 10.2 Å². The largest absolute Gasteiger partial charge is 0.341 e. The van der Waals surface area contributed by atoms with Crippen LogP contribution in [-0.4, -0.2) is 42.5 Å². The van der Waals surface area contributed by atoms with Crippen molar-refractivity contribution in [2.24, 2.45) is 11.8 Å². The second-order valence-electron chi connectivity index (χ2n) is 5.67. The molecule has 0 bridgehead atoms. The Hall–Kier alpha value is -0.950. The van der Waals surface area contributed by atoms with Gasteiger partial charge in [-0.25, -0.2) is 13.4 Å². The van der Waals surface area contributed by atoms with Gasteiger partial charge in [0.2, 0.25) is 20.1 Å². The molecule has 1 aromatic rings. The normalized spacial score (nSPS) is 25.4. The number of thiazole rings is 1. The minimum Gasteiger partial charge on any atom is -0.341 e. The number of rotatable bonds is 3. The van der Waals surface area contributed by atoms with E-state index in [1.54, 1.807) is 10.3 Å². The highest BCUT2D eigenvalue weighted by atomic mass is 32.2. The first-order chi connectivity index (χ1) is 9.32. The van der Waals surface area contributed by atoms with Crippen LogP contribution in [0.5, 0.6) is 0 Å². The van der Waals surface area contributed by atoms with E-state index in [0.717, 1.165) is 17.8 Å². The van der Waals surface area contributed by atoms with Crippen LogP contribution in [0.3, 0.4) is 0 Å². The van der Waals surface area contributed by atoms with Crippen molar-refractivity contribution < 1.29 is 13.2 Å². The molecule has 1 amide bonds. The van der Waals surface area contributed by atoms with Crippen molar-refractivity contribution in [3.05, 3.63) is 11.6 Å². The molecule has 112 valence electrons. The zero-order valence-corrected chi connectivity index (χ0v) is 13.6. The van der Waals surface area contributed by atoms with Crippen LogP contribution >= 0.6 is 11.3 Å². The van der Waals surface area contributed by atoms with Crippen molar-refractivity contribution in [1.29, 1.82) is 0 Å². The summed E-state index contributed by atoms with van der Waals surface area (Å²) in [7, 11) is -3.66. The molecule has 0 saturated carbocycles. The van der Waals surface area contributed by atoms with Gasteiger partial charge in [0.15, 0.2) is 0 Å². The molecule has 20 heavy (non-hydrogen) atoms. The molecule has 1 saturated heterocycles. The van der Waals surface area contributed by atoms with Gasteiger partial charge in [0.1, 0.15) is 5.25 Å². The summed E-state index contributed by atoms with van der Waals surface area (Å²) in [5.74, 6) is 0.522. The molecule has 1 aliphatic rings. The van der Waals surface area contributed by atoms with Gasteiger partial charge >= 0.3 is 0 Å². The molecule has 0 unspecified atom stereocenters. The molecule has 1 aromatic heterocycles. The first-order valence-corrected chi connectivity index (χ1v) is 9.17. The summed E-state index contributed by atoms with van der Waals surface area (Å²) >= 11 is 1.05. The Morgan fingerprint density at radius 3 is 2.50 bits per heavy atom. The lowest BCUT2D eigenvalue weighted by Gasteiger charge is -2.36. The van der Waals surface area contributed by atoms with Crippen LogP contribution in [0.2, 0.25) is 0 Å². The molecule has 0 N–H and O–H groups in total.